The Morgan fingerprint density at radius 2 is 0.972 bits per heavy atom. The first-order chi connectivity index (χ1) is 34.7. The molecule has 1 fully saturated rings. The van der Waals surface area contributed by atoms with Crippen LogP contribution in [0.4, 0.5) is 0 Å². The molecule has 412 valence electrons. The molecule has 0 radical (unpaired) electrons. The minimum atomic E-state index is -1.58. The zero-order valence-corrected chi connectivity index (χ0v) is 45.2. The second kappa shape index (κ2) is 49.6. The summed E-state index contributed by atoms with van der Waals surface area (Å²) in [7, 11) is 0. The second-order valence-corrected chi connectivity index (χ2v) is 20.0. The number of allylic oxidation sites excluding steroid dienone is 9. The average molecular weight is 1000 g/mol. The van der Waals surface area contributed by atoms with E-state index < -0.39 is 49.5 Å². The Balaban J connectivity index is 2.04. The Morgan fingerprint density at radius 3 is 1.52 bits per heavy atom. The maximum absolute atomic E-state index is 13.0. The summed E-state index contributed by atoms with van der Waals surface area (Å²) in [4.78, 5) is 25.0. The lowest BCUT2D eigenvalue weighted by molar-refractivity contribution is -0.302. The molecule has 0 spiro atoms. The monoisotopic (exact) mass is 1000 g/mol. The van der Waals surface area contributed by atoms with Crippen LogP contribution < -0.4 is 5.32 Å². The largest absolute Gasteiger partial charge is 0.466 e. The highest BCUT2D eigenvalue weighted by Gasteiger charge is 2.44. The Labute approximate surface area is 433 Å². The molecule has 0 aromatic heterocycles. The van der Waals surface area contributed by atoms with E-state index in [4.69, 9.17) is 14.2 Å². The van der Waals surface area contributed by atoms with Crippen LogP contribution in [-0.4, -0.2) is 100 Å². The fourth-order valence-electron chi connectivity index (χ4n) is 8.64. The van der Waals surface area contributed by atoms with Crippen LogP contribution in [0.1, 0.15) is 245 Å². The molecule has 0 aliphatic carbocycles. The van der Waals surface area contributed by atoms with Crippen molar-refractivity contribution in [3.8, 4) is 0 Å². The molecule has 1 heterocycles. The van der Waals surface area contributed by atoms with Crippen LogP contribution in [0.15, 0.2) is 60.8 Å². The van der Waals surface area contributed by atoms with Gasteiger partial charge in [0.25, 0.3) is 0 Å². The van der Waals surface area contributed by atoms with Crippen molar-refractivity contribution in [2.24, 2.45) is 0 Å². The van der Waals surface area contributed by atoms with E-state index in [1.54, 1.807) is 6.08 Å². The third kappa shape index (κ3) is 39.5. The average Bonchev–Trinajstić information content (AvgIpc) is 3.37. The molecule has 71 heavy (non-hydrogen) atoms. The normalized spacial score (nSPS) is 19.6. The first kappa shape index (κ1) is 66.4. The van der Waals surface area contributed by atoms with Crippen molar-refractivity contribution in [2.75, 3.05) is 19.8 Å². The highest BCUT2D eigenvalue weighted by atomic mass is 16.7. The molecule has 0 saturated carbocycles. The lowest BCUT2D eigenvalue weighted by Crippen LogP contribution is -2.60. The van der Waals surface area contributed by atoms with E-state index in [0.29, 0.717) is 19.4 Å². The predicted molar refractivity (Wildman–Crippen MR) is 292 cm³/mol. The summed E-state index contributed by atoms with van der Waals surface area (Å²) in [6.45, 7) is 4.20. The maximum Gasteiger partial charge on any atom is 0.305 e. The van der Waals surface area contributed by atoms with Crippen molar-refractivity contribution in [1.82, 2.24) is 5.32 Å². The molecule has 1 aliphatic heterocycles. The number of amides is 1. The Bertz CT molecular complexity index is 1360. The molecule has 1 aliphatic rings. The summed E-state index contributed by atoms with van der Waals surface area (Å²) in [6.07, 6.45) is 53.3. The number of aliphatic hydroxyl groups is 5. The van der Waals surface area contributed by atoms with Crippen molar-refractivity contribution in [2.45, 2.75) is 288 Å². The lowest BCUT2D eigenvalue weighted by atomic mass is 9.99. The fraction of sp³-hybridized carbons (Fsp3) is 0.800. The highest BCUT2D eigenvalue weighted by molar-refractivity contribution is 5.76. The summed E-state index contributed by atoms with van der Waals surface area (Å²) >= 11 is 0. The fourth-order valence-corrected chi connectivity index (χ4v) is 8.64. The topological polar surface area (TPSA) is 175 Å². The molecular formula is C60H107NO10. The molecule has 6 N–H and O–H groups in total. The second-order valence-electron chi connectivity index (χ2n) is 20.0. The first-order valence-electron chi connectivity index (χ1n) is 29.1. The standard InChI is InChI=1S/C60H107NO10/c1-3-5-7-9-11-13-14-15-25-28-32-36-40-44-48-56(65)69-49-45-41-37-33-29-26-23-21-19-17-16-18-20-22-24-27-31-35-39-43-47-55(64)61-52(53(63)46-42-38-34-30-12-10-8-6-4-2)51-70-60-59(68)58(67)57(66)54(50-62)71-60/h9,11-12,14-16,18,30,42,46,52-54,57-60,62-63,66-68H,3-8,10,13,17,19-29,31-41,43-45,47-51H2,1-2H3,(H,61,64)/b11-9-,15-14-,18-16-,30-12+,46-42+. The number of carbonyl (C=O) groups is 2. The number of unbranched alkanes of at least 4 members (excludes halogenated alkanes) is 27. The molecule has 7 atom stereocenters. The number of ether oxygens (including phenoxy) is 3. The van der Waals surface area contributed by atoms with Gasteiger partial charge in [-0.2, -0.15) is 0 Å². The molecule has 1 saturated heterocycles. The van der Waals surface area contributed by atoms with Crippen molar-refractivity contribution in [3.63, 3.8) is 0 Å². The van der Waals surface area contributed by atoms with Crippen LogP contribution in [0, 0.1) is 0 Å². The van der Waals surface area contributed by atoms with E-state index in [1.165, 1.54) is 128 Å². The summed E-state index contributed by atoms with van der Waals surface area (Å²) in [6, 6.07) is -0.834. The third-order valence-electron chi connectivity index (χ3n) is 13.3. The van der Waals surface area contributed by atoms with Gasteiger partial charge in [-0.25, -0.2) is 0 Å². The quantitative estimate of drug-likeness (QED) is 0.0195. The van der Waals surface area contributed by atoms with Gasteiger partial charge in [0, 0.05) is 12.8 Å². The van der Waals surface area contributed by atoms with Crippen molar-refractivity contribution in [3.05, 3.63) is 60.8 Å². The van der Waals surface area contributed by atoms with Gasteiger partial charge >= 0.3 is 5.97 Å². The molecule has 11 nitrogen and oxygen atoms in total. The molecule has 0 aromatic rings. The zero-order chi connectivity index (χ0) is 51.7. The number of rotatable bonds is 49. The predicted octanol–water partition coefficient (Wildman–Crippen LogP) is 13.1. The molecule has 11 heteroatoms. The first-order valence-corrected chi connectivity index (χ1v) is 29.1. The number of aliphatic hydroxyl groups excluding tert-OH is 5. The van der Waals surface area contributed by atoms with Crippen LogP contribution in [0.5, 0.6) is 0 Å². The summed E-state index contributed by atoms with van der Waals surface area (Å²) in [5.41, 5.74) is 0. The SMILES string of the molecule is CCCC/C=C\C/C=C\CCCCCCCC(=O)OCCCCCCCCCCC/C=C\CCCCCCCCCC(=O)NC(COC1OC(CO)C(O)C(O)C1O)C(O)/C=C/CC/C=C/CCCCC. The van der Waals surface area contributed by atoms with Gasteiger partial charge in [0.2, 0.25) is 5.91 Å². The third-order valence-corrected chi connectivity index (χ3v) is 13.3. The van der Waals surface area contributed by atoms with Crippen LogP contribution in [0.2, 0.25) is 0 Å². The van der Waals surface area contributed by atoms with E-state index in [2.05, 4.69) is 67.8 Å². The van der Waals surface area contributed by atoms with Gasteiger partial charge in [-0.15, -0.1) is 0 Å². The van der Waals surface area contributed by atoms with Gasteiger partial charge in [0.05, 0.1) is 32.0 Å². The summed E-state index contributed by atoms with van der Waals surface area (Å²) in [5.74, 6) is -0.229. The molecule has 7 unspecified atom stereocenters. The van der Waals surface area contributed by atoms with Crippen molar-refractivity contribution < 1.29 is 49.3 Å². The summed E-state index contributed by atoms with van der Waals surface area (Å²) < 4.78 is 16.6. The molecular weight excluding hydrogens is 895 g/mol. The van der Waals surface area contributed by atoms with Crippen molar-refractivity contribution >= 4 is 11.9 Å². The van der Waals surface area contributed by atoms with E-state index in [-0.39, 0.29) is 18.5 Å². The molecule has 0 bridgehead atoms. The Morgan fingerprint density at radius 1 is 0.521 bits per heavy atom. The van der Waals surface area contributed by atoms with E-state index in [1.807, 2.05) is 6.08 Å². The van der Waals surface area contributed by atoms with Gasteiger partial charge in [0.15, 0.2) is 6.29 Å². The Kier molecular flexibility index (Phi) is 46.3. The van der Waals surface area contributed by atoms with Crippen LogP contribution >= 0.6 is 0 Å². The Hall–Kier alpha value is -2.64. The number of hydrogen-bond acceptors (Lipinski definition) is 10. The number of nitrogens with one attached hydrogen (secondary N) is 1. The van der Waals surface area contributed by atoms with Gasteiger partial charge in [0.1, 0.15) is 24.4 Å². The van der Waals surface area contributed by atoms with Crippen LogP contribution in [0.25, 0.3) is 0 Å². The molecule has 1 amide bonds. The van der Waals surface area contributed by atoms with Crippen molar-refractivity contribution in [1.29, 1.82) is 0 Å². The van der Waals surface area contributed by atoms with Gasteiger partial charge in [-0.3, -0.25) is 9.59 Å². The lowest BCUT2D eigenvalue weighted by Gasteiger charge is -2.40. The van der Waals surface area contributed by atoms with Crippen LogP contribution in [-0.2, 0) is 23.8 Å². The highest BCUT2D eigenvalue weighted by Crippen LogP contribution is 2.23. The van der Waals surface area contributed by atoms with Crippen LogP contribution in [0.3, 0.4) is 0 Å². The van der Waals surface area contributed by atoms with E-state index in [0.717, 1.165) is 89.9 Å². The zero-order valence-electron chi connectivity index (χ0n) is 45.2. The van der Waals surface area contributed by atoms with E-state index in [9.17, 15) is 35.1 Å². The number of esters is 1. The summed E-state index contributed by atoms with van der Waals surface area (Å²) in [5, 5.41) is 54.1. The van der Waals surface area contributed by atoms with Gasteiger partial charge in [-0.05, 0) is 96.3 Å². The van der Waals surface area contributed by atoms with Gasteiger partial charge < -0.3 is 45.1 Å². The minimum Gasteiger partial charge on any atom is -0.466 e. The number of carbonyl (C=O) groups excluding carboxylic acids is 2. The van der Waals surface area contributed by atoms with E-state index >= 15 is 0 Å². The molecule has 1 rings (SSSR count). The minimum absolute atomic E-state index is 0.0240. The smallest absolute Gasteiger partial charge is 0.305 e. The van der Waals surface area contributed by atoms with Gasteiger partial charge in [-0.1, -0.05) is 197 Å². The molecule has 0 aromatic carbocycles. The number of hydrogen-bond donors (Lipinski definition) is 6. The maximum atomic E-state index is 13.0.